The summed E-state index contributed by atoms with van der Waals surface area (Å²) in [7, 11) is 0. The van der Waals surface area contributed by atoms with Crippen LogP contribution in [0.3, 0.4) is 0 Å². The molecule has 1 aromatic carbocycles. The summed E-state index contributed by atoms with van der Waals surface area (Å²) in [5.41, 5.74) is 1.13. The Morgan fingerprint density at radius 3 is 2.33 bits per heavy atom. The summed E-state index contributed by atoms with van der Waals surface area (Å²) < 4.78 is 36.6. The molecule has 1 fully saturated rings. The quantitative estimate of drug-likeness (QED) is 0.717. The van der Waals surface area contributed by atoms with E-state index in [9.17, 15) is 13.2 Å². The normalized spacial score (nSPS) is 25.3. The van der Waals surface area contributed by atoms with Crippen LogP contribution in [0.4, 0.5) is 13.2 Å². The molecule has 0 saturated heterocycles. The molecule has 0 heterocycles. The van der Waals surface area contributed by atoms with Crippen LogP contribution in [0.5, 0.6) is 0 Å². The lowest BCUT2D eigenvalue weighted by Gasteiger charge is -2.05. The highest BCUT2D eigenvalue weighted by molar-refractivity contribution is 5.15. The SMILES string of the molecule is FC(F)(F)[C@@H]1C[C@H]1CCc1ccccc1. The van der Waals surface area contributed by atoms with Crippen LogP contribution in [-0.4, -0.2) is 6.18 Å². The van der Waals surface area contributed by atoms with Crippen molar-refractivity contribution in [2.75, 3.05) is 0 Å². The standard InChI is InChI=1S/C12H13F3/c13-12(14,15)11-8-10(11)7-6-9-4-2-1-3-5-9/h1-5,10-11H,6-8H2/t10-,11-/m1/s1. The van der Waals surface area contributed by atoms with E-state index < -0.39 is 12.1 Å². The molecule has 0 aromatic heterocycles. The Morgan fingerprint density at radius 2 is 1.80 bits per heavy atom. The third-order valence-electron chi connectivity index (χ3n) is 2.99. The van der Waals surface area contributed by atoms with Crippen LogP contribution in [0, 0.1) is 11.8 Å². The summed E-state index contributed by atoms with van der Waals surface area (Å²) in [6.45, 7) is 0. The first kappa shape index (κ1) is 10.5. The third-order valence-corrected chi connectivity index (χ3v) is 2.99. The number of halogens is 3. The van der Waals surface area contributed by atoms with E-state index in [2.05, 4.69) is 0 Å². The van der Waals surface area contributed by atoms with E-state index >= 15 is 0 Å². The summed E-state index contributed by atoms with van der Waals surface area (Å²) in [4.78, 5) is 0. The minimum atomic E-state index is -3.97. The van der Waals surface area contributed by atoms with Crippen LogP contribution in [0.1, 0.15) is 18.4 Å². The molecule has 0 amide bonds. The fraction of sp³-hybridized carbons (Fsp3) is 0.500. The summed E-state index contributed by atoms with van der Waals surface area (Å²) in [6.07, 6.45) is -2.22. The molecule has 2 rings (SSSR count). The minimum absolute atomic E-state index is 0.134. The average Bonchev–Trinajstić information content (AvgIpc) is 2.95. The van der Waals surface area contributed by atoms with Gasteiger partial charge in [0.1, 0.15) is 0 Å². The molecule has 0 aliphatic heterocycles. The molecule has 1 aliphatic carbocycles. The van der Waals surface area contributed by atoms with E-state index in [0.717, 1.165) is 12.0 Å². The summed E-state index contributed by atoms with van der Waals surface area (Å²) >= 11 is 0. The Kier molecular flexibility index (Phi) is 2.72. The smallest absolute Gasteiger partial charge is 0.171 e. The first-order valence-corrected chi connectivity index (χ1v) is 5.18. The fourth-order valence-corrected chi connectivity index (χ4v) is 1.96. The first-order valence-electron chi connectivity index (χ1n) is 5.18. The Hall–Kier alpha value is -0.990. The van der Waals surface area contributed by atoms with E-state index in [1.165, 1.54) is 0 Å². The van der Waals surface area contributed by atoms with Crippen molar-refractivity contribution in [3.05, 3.63) is 35.9 Å². The second-order valence-electron chi connectivity index (χ2n) is 4.17. The zero-order valence-electron chi connectivity index (χ0n) is 8.30. The molecule has 0 N–H and O–H groups in total. The van der Waals surface area contributed by atoms with E-state index in [4.69, 9.17) is 0 Å². The van der Waals surface area contributed by atoms with Crippen LogP contribution in [-0.2, 0) is 6.42 Å². The lowest BCUT2D eigenvalue weighted by atomic mass is 10.1. The van der Waals surface area contributed by atoms with Crippen molar-refractivity contribution in [2.24, 2.45) is 11.8 Å². The van der Waals surface area contributed by atoms with Gasteiger partial charge >= 0.3 is 6.18 Å². The Morgan fingerprint density at radius 1 is 1.13 bits per heavy atom. The molecule has 15 heavy (non-hydrogen) atoms. The summed E-state index contributed by atoms with van der Waals surface area (Å²) in [6, 6.07) is 9.68. The van der Waals surface area contributed by atoms with Crippen molar-refractivity contribution < 1.29 is 13.2 Å². The molecule has 1 saturated carbocycles. The number of benzene rings is 1. The van der Waals surface area contributed by atoms with E-state index in [1.807, 2.05) is 30.3 Å². The predicted octanol–water partition coefficient (Wildman–Crippen LogP) is 3.82. The maximum atomic E-state index is 12.2. The van der Waals surface area contributed by atoms with Gasteiger partial charge in [-0.15, -0.1) is 0 Å². The van der Waals surface area contributed by atoms with Crippen molar-refractivity contribution >= 4 is 0 Å². The Bertz CT molecular complexity index is 315. The van der Waals surface area contributed by atoms with Crippen LogP contribution in [0.2, 0.25) is 0 Å². The van der Waals surface area contributed by atoms with Crippen molar-refractivity contribution in [3.63, 3.8) is 0 Å². The van der Waals surface area contributed by atoms with Gasteiger partial charge in [-0.3, -0.25) is 0 Å². The Balaban J connectivity index is 1.78. The number of aryl methyl sites for hydroxylation is 1. The number of hydrogen-bond donors (Lipinski definition) is 0. The van der Waals surface area contributed by atoms with Gasteiger partial charge in [0.25, 0.3) is 0 Å². The number of rotatable bonds is 3. The van der Waals surface area contributed by atoms with Gasteiger partial charge < -0.3 is 0 Å². The number of hydrogen-bond acceptors (Lipinski definition) is 0. The van der Waals surface area contributed by atoms with E-state index in [0.29, 0.717) is 12.8 Å². The van der Waals surface area contributed by atoms with Gasteiger partial charge in [0.05, 0.1) is 5.92 Å². The summed E-state index contributed by atoms with van der Waals surface area (Å²) in [5, 5.41) is 0. The molecule has 82 valence electrons. The average molecular weight is 214 g/mol. The predicted molar refractivity (Wildman–Crippen MR) is 52.4 cm³/mol. The maximum absolute atomic E-state index is 12.2. The van der Waals surface area contributed by atoms with Gasteiger partial charge in [0.15, 0.2) is 0 Å². The van der Waals surface area contributed by atoms with Crippen molar-refractivity contribution in [2.45, 2.75) is 25.4 Å². The minimum Gasteiger partial charge on any atom is -0.171 e. The van der Waals surface area contributed by atoms with Crippen molar-refractivity contribution in [1.29, 1.82) is 0 Å². The zero-order chi connectivity index (χ0) is 10.9. The molecule has 0 unspecified atom stereocenters. The van der Waals surface area contributed by atoms with Gasteiger partial charge in [0.2, 0.25) is 0 Å². The van der Waals surface area contributed by atoms with Crippen LogP contribution in [0.25, 0.3) is 0 Å². The molecule has 0 radical (unpaired) electrons. The van der Waals surface area contributed by atoms with Gasteiger partial charge in [0, 0.05) is 0 Å². The van der Waals surface area contributed by atoms with Gasteiger partial charge in [-0.25, -0.2) is 0 Å². The maximum Gasteiger partial charge on any atom is 0.392 e. The Labute approximate surface area is 87.1 Å². The second-order valence-corrected chi connectivity index (χ2v) is 4.17. The highest BCUT2D eigenvalue weighted by Gasteiger charge is 2.54. The van der Waals surface area contributed by atoms with Crippen LogP contribution >= 0.6 is 0 Å². The number of alkyl halides is 3. The molecule has 1 aliphatic rings. The molecular formula is C12H13F3. The molecule has 2 atom stereocenters. The lowest BCUT2D eigenvalue weighted by Crippen LogP contribution is -2.12. The van der Waals surface area contributed by atoms with Gasteiger partial charge in [-0.2, -0.15) is 13.2 Å². The zero-order valence-corrected chi connectivity index (χ0v) is 8.30. The molecule has 0 nitrogen and oxygen atoms in total. The largest absolute Gasteiger partial charge is 0.392 e. The van der Waals surface area contributed by atoms with Crippen molar-refractivity contribution in [3.8, 4) is 0 Å². The summed E-state index contributed by atoms with van der Waals surface area (Å²) in [5.74, 6) is -1.16. The van der Waals surface area contributed by atoms with Crippen LogP contribution < -0.4 is 0 Å². The topological polar surface area (TPSA) is 0 Å². The second kappa shape index (κ2) is 3.87. The van der Waals surface area contributed by atoms with Gasteiger partial charge in [-0.1, -0.05) is 30.3 Å². The van der Waals surface area contributed by atoms with E-state index in [-0.39, 0.29) is 5.92 Å². The van der Waals surface area contributed by atoms with Gasteiger partial charge in [-0.05, 0) is 30.7 Å². The van der Waals surface area contributed by atoms with Crippen LogP contribution in [0.15, 0.2) is 30.3 Å². The molecular weight excluding hydrogens is 201 g/mol. The van der Waals surface area contributed by atoms with E-state index in [1.54, 1.807) is 0 Å². The molecule has 1 aromatic rings. The molecule has 0 spiro atoms. The third kappa shape index (κ3) is 2.74. The highest BCUT2D eigenvalue weighted by atomic mass is 19.4. The first-order chi connectivity index (χ1) is 7.07. The highest BCUT2D eigenvalue weighted by Crippen LogP contribution is 2.52. The monoisotopic (exact) mass is 214 g/mol. The van der Waals surface area contributed by atoms with Crippen molar-refractivity contribution in [1.82, 2.24) is 0 Å². The lowest BCUT2D eigenvalue weighted by molar-refractivity contribution is -0.151. The molecule has 3 heteroatoms. The molecule has 0 bridgehead atoms. The fourth-order valence-electron chi connectivity index (χ4n) is 1.96.